The molecule has 0 unspecified atom stereocenters. The molecule has 3 aromatic rings. The molecular formula is C23H24N4O3. The lowest BCUT2D eigenvalue weighted by atomic mass is 9.92. The van der Waals surface area contributed by atoms with Gasteiger partial charge in [0.15, 0.2) is 0 Å². The molecule has 1 aromatic heterocycles. The molecule has 2 aliphatic heterocycles. The minimum absolute atomic E-state index is 0.0701. The van der Waals surface area contributed by atoms with Crippen LogP contribution < -0.4 is 15.0 Å². The Morgan fingerprint density at radius 2 is 2.00 bits per heavy atom. The molecule has 2 aliphatic rings. The van der Waals surface area contributed by atoms with Crippen molar-refractivity contribution >= 4 is 11.8 Å². The van der Waals surface area contributed by atoms with Crippen molar-refractivity contribution in [1.82, 2.24) is 15.1 Å². The van der Waals surface area contributed by atoms with Crippen LogP contribution in [0.25, 0.3) is 11.1 Å². The summed E-state index contributed by atoms with van der Waals surface area (Å²) in [5.41, 5.74) is 3.52. The molecule has 0 saturated carbocycles. The van der Waals surface area contributed by atoms with E-state index in [0.717, 1.165) is 48.4 Å². The second-order valence-corrected chi connectivity index (χ2v) is 7.92. The van der Waals surface area contributed by atoms with E-state index >= 15 is 0 Å². The lowest BCUT2D eigenvalue weighted by Crippen LogP contribution is -2.43. The maximum absolute atomic E-state index is 11.9. The summed E-state index contributed by atoms with van der Waals surface area (Å²) in [6.07, 6.45) is 4.48. The molecule has 0 bridgehead atoms. The number of aromatic nitrogens is 2. The lowest BCUT2D eigenvalue weighted by Gasteiger charge is -2.34. The summed E-state index contributed by atoms with van der Waals surface area (Å²) < 4.78 is 8.36. The van der Waals surface area contributed by atoms with Gasteiger partial charge in [-0.1, -0.05) is 18.2 Å². The van der Waals surface area contributed by atoms with Crippen molar-refractivity contribution in [2.75, 3.05) is 18.0 Å². The van der Waals surface area contributed by atoms with Crippen molar-refractivity contribution < 1.29 is 14.6 Å². The van der Waals surface area contributed by atoms with E-state index in [2.05, 4.69) is 10.4 Å². The smallest absolute Gasteiger partial charge is 0.412 e. The number of hydrogen-bond acceptors (Lipinski definition) is 4. The molecule has 1 atom stereocenters. The largest absolute Gasteiger partial charge is 0.465 e. The van der Waals surface area contributed by atoms with Crippen molar-refractivity contribution in [1.29, 1.82) is 0 Å². The van der Waals surface area contributed by atoms with Crippen LogP contribution in [0.3, 0.4) is 0 Å². The van der Waals surface area contributed by atoms with E-state index < -0.39 is 6.09 Å². The fourth-order valence-electron chi connectivity index (χ4n) is 4.18. The fourth-order valence-corrected chi connectivity index (χ4v) is 4.18. The second-order valence-electron chi connectivity index (χ2n) is 7.92. The number of carboxylic acid groups (broad SMARTS) is 1. The van der Waals surface area contributed by atoms with Gasteiger partial charge in [-0.3, -0.25) is 9.58 Å². The molecular weight excluding hydrogens is 380 g/mol. The molecule has 1 saturated heterocycles. The molecule has 7 heteroatoms. The van der Waals surface area contributed by atoms with Crippen LogP contribution in [0.1, 0.15) is 24.9 Å². The summed E-state index contributed by atoms with van der Waals surface area (Å²) in [5, 5.41) is 17.6. The highest BCUT2D eigenvalue weighted by Gasteiger charge is 2.32. The van der Waals surface area contributed by atoms with E-state index in [-0.39, 0.29) is 6.04 Å². The lowest BCUT2D eigenvalue weighted by molar-refractivity contribution is 0.198. The van der Waals surface area contributed by atoms with E-state index in [9.17, 15) is 9.90 Å². The van der Waals surface area contributed by atoms with Gasteiger partial charge in [0.05, 0.1) is 17.9 Å². The summed E-state index contributed by atoms with van der Waals surface area (Å²) >= 11 is 0. The van der Waals surface area contributed by atoms with Gasteiger partial charge >= 0.3 is 6.09 Å². The van der Waals surface area contributed by atoms with Crippen molar-refractivity contribution in [3.05, 3.63) is 60.4 Å². The number of para-hydroxylation sites is 1. The summed E-state index contributed by atoms with van der Waals surface area (Å²) in [4.78, 5) is 13.4. The van der Waals surface area contributed by atoms with Gasteiger partial charge < -0.3 is 15.2 Å². The topological polar surface area (TPSA) is 79.6 Å². The number of rotatable bonds is 4. The Hall–Kier alpha value is -3.32. The number of anilines is 1. The van der Waals surface area contributed by atoms with Crippen LogP contribution in [0.5, 0.6) is 11.5 Å². The minimum atomic E-state index is -0.938. The molecule has 154 valence electrons. The number of carbonyl (C=O) groups is 1. The number of amides is 1. The summed E-state index contributed by atoms with van der Waals surface area (Å²) in [6, 6.07) is 13.8. The first-order chi connectivity index (χ1) is 14.6. The van der Waals surface area contributed by atoms with E-state index in [1.165, 1.54) is 4.90 Å². The van der Waals surface area contributed by atoms with Crippen molar-refractivity contribution in [2.45, 2.75) is 31.8 Å². The standard InChI is InChI=1S/C23H24N4O3/c1-15-7-8-20-21(27(15)23(28)29)10-9-19(22(20)30-18-5-3-2-4-6-18)16-11-25-26(14-16)17-12-24-13-17/h2-6,9-11,14-15,17,24H,7-8,12-13H2,1H3,(H,28,29)/t15-/m0/s1. The SMILES string of the molecule is C[C@H]1CCc2c(ccc(-c3cnn(C4CNC4)c3)c2Oc2ccccc2)N1C(=O)O. The summed E-state index contributed by atoms with van der Waals surface area (Å²) in [7, 11) is 0. The summed E-state index contributed by atoms with van der Waals surface area (Å²) in [5.74, 6) is 1.44. The monoisotopic (exact) mass is 404 g/mol. The van der Waals surface area contributed by atoms with Crippen LogP contribution >= 0.6 is 0 Å². The minimum Gasteiger partial charge on any atom is -0.465 e. The highest BCUT2D eigenvalue weighted by Crippen LogP contribution is 2.44. The molecule has 7 nitrogen and oxygen atoms in total. The average molecular weight is 404 g/mol. The molecule has 2 aromatic carbocycles. The Morgan fingerprint density at radius 3 is 2.70 bits per heavy atom. The van der Waals surface area contributed by atoms with Gasteiger partial charge in [0.2, 0.25) is 0 Å². The first-order valence-electron chi connectivity index (χ1n) is 10.3. The van der Waals surface area contributed by atoms with Crippen molar-refractivity contribution in [2.24, 2.45) is 0 Å². The third-order valence-corrected chi connectivity index (χ3v) is 5.96. The number of hydrogen-bond donors (Lipinski definition) is 2. The molecule has 1 fully saturated rings. The van der Waals surface area contributed by atoms with Gasteiger partial charge in [-0.05, 0) is 44.0 Å². The summed E-state index contributed by atoms with van der Waals surface area (Å²) in [6.45, 7) is 3.79. The quantitative estimate of drug-likeness (QED) is 0.678. The van der Waals surface area contributed by atoms with Crippen LogP contribution in [0.15, 0.2) is 54.9 Å². The number of benzene rings is 2. The van der Waals surface area contributed by atoms with Gasteiger partial charge in [-0.15, -0.1) is 0 Å². The fraction of sp³-hybridized carbons (Fsp3) is 0.304. The number of fused-ring (bicyclic) bond motifs is 1. The van der Waals surface area contributed by atoms with Gasteiger partial charge in [-0.2, -0.15) is 5.10 Å². The Balaban J connectivity index is 1.63. The highest BCUT2D eigenvalue weighted by molar-refractivity contribution is 5.91. The van der Waals surface area contributed by atoms with Crippen LogP contribution in [-0.4, -0.2) is 40.1 Å². The molecule has 3 heterocycles. The normalized spacial score (nSPS) is 18.6. The van der Waals surface area contributed by atoms with Gasteiger partial charge in [-0.25, -0.2) is 4.79 Å². The number of nitrogens with zero attached hydrogens (tertiary/aromatic N) is 3. The van der Waals surface area contributed by atoms with Crippen molar-refractivity contribution in [3.8, 4) is 22.6 Å². The Labute approximate surface area is 174 Å². The molecule has 30 heavy (non-hydrogen) atoms. The van der Waals surface area contributed by atoms with Crippen LogP contribution in [-0.2, 0) is 6.42 Å². The third kappa shape index (κ3) is 3.21. The Bertz CT molecular complexity index is 1080. The van der Waals surface area contributed by atoms with Gasteiger partial charge in [0.25, 0.3) is 0 Å². The maximum Gasteiger partial charge on any atom is 0.412 e. The molecule has 1 amide bonds. The van der Waals surface area contributed by atoms with Crippen LogP contribution in [0.2, 0.25) is 0 Å². The molecule has 0 spiro atoms. The Morgan fingerprint density at radius 1 is 1.20 bits per heavy atom. The number of nitrogens with one attached hydrogen (secondary N) is 1. The van der Waals surface area contributed by atoms with E-state index in [4.69, 9.17) is 4.74 Å². The predicted molar refractivity (Wildman–Crippen MR) is 114 cm³/mol. The Kier molecular flexibility index (Phi) is 4.67. The average Bonchev–Trinajstić information content (AvgIpc) is 3.16. The predicted octanol–water partition coefficient (Wildman–Crippen LogP) is 4.31. The van der Waals surface area contributed by atoms with E-state index in [1.807, 2.05) is 66.5 Å². The van der Waals surface area contributed by atoms with Crippen LogP contribution in [0.4, 0.5) is 10.5 Å². The zero-order valence-corrected chi connectivity index (χ0v) is 16.8. The van der Waals surface area contributed by atoms with Crippen molar-refractivity contribution in [3.63, 3.8) is 0 Å². The molecule has 0 radical (unpaired) electrons. The zero-order valence-electron chi connectivity index (χ0n) is 16.8. The van der Waals surface area contributed by atoms with Crippen LogP contribution in [0, 0.1) is 0 Å². The molecule has 5 rings (SSSR count). The third-order valence-electron chi connectivity index (χ3n) is 5.96. The molecule has 2 N–H and O–H groups in total. The van der Waals surface area contributed by atoms with Gasteiger partial charge in [0, 0.05) is 42.0 Å². The maximum atomic E-state index is 11.9. The first kappa shape index (κ1) is 18.7. The van der Waals surface area contributed by atoms with E-state index in [1.54, 1.807) is 0 Å². The number of ether oxygens (including phenoxy) is 1. The highest BCUT2D eigenvalue weighted by atomic mass is 16.5. The second kappa shape index (κ2) is 7.50. The first-order valence-corrected chi connectivity index (χ1v) is 10.3. The molecule has 0 aliphatic carbocycles. The van der Waals surface area contributed by atoms with Gasteiger partial charge in [0.1, 0.15) is 11.5 Å². The zero-order chi connectivity index (χ0) is 20.7. The van der Waals surface area contributed by atoms with E-state index in [0.29, 0.717) is 17.5 Å².